The van der Waals surface area contributed by atoms with Crippen LogP contribution in [0.5, 0.6) is 0 Å². The summed E-state index contributed by atoms with van der Waals surface area (Å²) in [5.74, 6) is 0.684. The number of aromatic nitrogens is 6. The van der Waals surface area contributed by atoms with E-state index in [4.69, 9.17) is 9.97 Å². The summed E-state index contributed by atoms with van der Waals surface area (Å²) in [6.45, 7) is 0. The zero-order valence-corrected chi connectivity index (χ0v) is 32.3. The highest BCUT2D eigenvalue weighted by atomic mass is 15.1. The largest absolute Gasteiger partial charge is 0.309 e. The van der Waals surface area contributed by atoms with E-state index in [1.165, 1.54) is 38.1 Å². The maximum absolute atomic E-state index is 4.88. The number of pyridine rings is 2. The van der Waals surface area contributed by atoms with Crippen molar-refractivity contribution in [2.75, 3.05) is 0 Å². The number of nitrogens with zero attached hydrogens (tertiary/aromatic N) is 6. The lowest BCUT2D eigenvalue weighted by Gasteiger charge is -2.14. The zero-order chi connectivity index (χ0) is 39.6. The molecule has 6 heteroatoms. The van der Waals surface area contributed by atoms with E-state index in [2.05, 4.69) is 166 Å². The monoisotopic (exact) mass is 766 g/mol. The van der Waals surface area contributed by atoms with Crippen LogP contribution >= 0.6 is 0 Å². The van der Waals surface area contributed by atoms with Gasteiger partial charge in [-0.2, -0.15) is 0 Å². The van der Waals surface area contributed by atoms with Crippen LogP contribution in [0.15, 0.2) is 207 Å². The number of hydrogen-bond donors (Lipinski definition) is 0. The van der Waals surface area contributed by atoms with Gasteiger partial charge in [0.05, 0.1) is 28.1 Å². The quantitative estimate of drug-likeness (QED) is 0.158. The summed E-state index contributed by atoms with van der Waals surface area (Å²) in [7, 11) is 0. The average Bonchev–Trinajstić information content (AvgIpc) is 3.92. The summed E-state index contributed by atoms with van der Waals surface area (Å²) >= 11 is 0. The second-order valence-corrected chi connectivity index (χ2v) is 15.2. The number of benzene rings is 7. The number of imidazole rings is 1. The Morgan fingerprint density at radius 3 is 1.97 bits per heavy atom. The minimum absolute atomic E-state index is 0.684. The van der Waals surface area contributed by atoms with E-state index >= 15 is 0 Å². The molecule has 6 nitrogen and oxygen atoms in total. The lowest BCUT2D eigenvalue weighted by atomic mass is 9.92. The van der Waals surface area contributed by atoms with E-state index in [1.807, 2.05) is 53.5 Å². The van der Waals surface area contributed by atoms with Gasteiger partial charge >= 0.3 is 0 Å². The Morgan fingerprint density at radius 2 is 1.15 bits per heavy atom. The van der Waals surface area contributed by atoms with Gasteiger partial charge in [-0.15, -0.1) is 0 Å². The highest BCUT2D eigenvalue weighted by molar-refractivity contribution is 6.23. The molecule has 12 aromatic rings. The van der Waals surface area contributed by atoms with Crippen molar-refractivity contribution in [3.05, 3.63) is 207 Å². The molecule has 5 aromatic heterocycles. The van der Waals surface area contributed by atoms with Gasteiger partial charge in [0.25, 0.3) is 0 Å². The van der Waals surface area contributed by atoms with E-state index in [-0.39, 0.29) is 0 Å². The smallest absolute Gasteiger partial charge is 0.234 e. The molecule has 0 spiro atoms. The fraction of sp³-hybridized carbons (Fsp3) is 0. The zero-order valence-electron chi connectivity index (χ0n) is 32.3. The molecule has 0 saturated carbocycles. The lowest BCUT2D eigenvalue weighted by molar-refractivity contribution is 1.11. The van der Waals surface area contributed by atoms with Crippen LogP contribution in [0.2, 0.25) is 0 Å². The van der Waals surface area contributed by atoms with Crippen molar-refractivity contribution in [2.24, 2.45) is 0 Å². The molecule has 0 saturated heterocycles. The maximum Gasteiger partial charge on any atom is 0.234 e. The van der Waals surface area contributed by atoms with Crippen LogP contribution in [0.3, 0.4) is 0 Å². The van der Waals surface area contributed by atoms with E-state index in [0.29, 0.717) is 5.78 Å². The predicted octanol–water partition coefficient (Wildman–Crippen LogP) is 13.3. The van der Waals surface area contributed by atoms with Gasteiger partial charge in [-0.1, -0.05) is 127 Å². The molecular weight excluding hydrogens is 733 g/mol. The number of hydrogen-bond acceptors (Lipinski definition) is 4. The molecule has 5 heterocycles. The third kappa shape index (κ3) is 5.57. The Hall–Kier alpha value is -8.22. The van der Waals surface area contributed by atoms with Crippen molar-refractivity contribution in [1.82, 2.24) is 28.9 Å². The van der Waals surface area contributed by atoms with Gasteiger partial charge in [0.15, 0.2) is 0 Å². The molecule has 0 amide bonds. The van der Waals surface area contributed by atoms with Crippen molar-refractivity contribution >= 4 is 49.1 Å². The molecule has 60 heavy (non-hydrogen) atoms. The standard InChI is InChI=1S/C54H34N6/c1-3-10-36(11-4-1)51-52-46-24-19-39-30-38(41-20-26-48(56-32-41)42-31-40-14-7-8-15-47(40)57-33-42)18-23-44(39)45(46)25-27-50(52)60(53(51)37-12-5-2-6-13-37)43-21-16-35(17-22-43)49-34-59-29-9-28-55-54(59)58-49/h1-34H. The summed E-state index contributed by atoms with van der Waals surface area (Å²) in [5.41, 5.74) is 13.9. The number of rotatable bonds is 6. The van der Waals surface area contributed by atoms with Gasteiger partial charge in [0.1, 0.15) is 0 Å². The van der Waals surface area contributed by atoms with Gasteiger partial charge in [-0.25, -0.2) is 9.97 Å². The fourth-order valence-corrected chi connectivity index (χ4v) is 8.83. The van der Waals surface area contributed by atoms with Crippen LogP contribution in [-0.2, 0) is 0 Å². The first-order chi connectivity index (χ1) is 29.7. The minimum Gasteiger partial charge on any atom is -0.309 e. The van der Waals surface area contributed by atoms with E-state index < -0.39 is 0 Å². The predicted molar refractivity (Wildman–Crippen MR) is 245 cm³/mol. The van der Waals surface area contributed by atoms with Crippen LogP contribution in [0.1, 0.15) is 0 Å². The second kappa shape index (κ2) is 13.7. The first-order valence-electron chi connectivity index (χ1n) is 20.1. The van der Waals surface area contributed by atoms with Crippen molar-refractivity contribution in [3.63, 3.8) is 0 Å². The van der Waals surface area contributed by atoms with E-state index in [1.54, 1.807) is 6.20 Å². The van der Waals surface area contributed by atoms with Gasteiger partial charge in [-0.3, -0.25) is 14.4 Å². The van der Waals surface area contributed by atoms with Crippen LogP contribution in [0.4, 0.5) is 0 Å². The molecule has 12 rings (SSSR count). The SMILES string of the molecule is c1ccc(-c2c(-c3ccccc3)n(-c3ccc(-c4cn5cccnc5n4)cc3)c3ccc4c5ccc(-c6ccc(-c7cnc8ccccc8c7)nc6)cc5ccc4c23)cc1. The molecule has 280 valence electrons. The number of fused-ring (bicyclic) bond motifs is 7. The summed E-state index contributed by atoms with van der Waals surface area (Å²) in [6, 6.07) is 62.8. The Morgan fingerprint density at radius 1 is 0.433 bits per heavy atom. The first kappa shape index (κ1) is 33.9. The second-order valence-electron chi connectivity index (χ2n) is 15.2. The molecule has 0 aliphatic heterocycles. The number of para-hydroxylation sites is 1. The molecular formula is C54H34N6. The Balaban J connectivity index is 1.01. The molecule has 0 bridgehead atoms. The molecule has 0 radical (unpaired) electrons. The summed E-state index contributed by atoms with van der Waals surface area (Å²) in [5, 5.41) is 7.16. The minimum atomic E-state index is 0.684. The van der Waals surface area contributed by atoms with Crippen LogP contribution in [-0.4, -0.2) is 28.9 Å². The maximum atomic E-state index is 4.88. The normalized spacial score (nSPS) is 11.7. The third-order valence-corrected chi connectivity index (χ3v) is 11.7. The van der Waals surface area contributed by atoms with Gasteiger partial charge in [-0.05, 0) is 86.8 Å². The highest BCUT2D eigenvalue weighted by Crippen LogP contribution is 2.46. The first-order valence-corrected chi connectivity index (χ1v) is 20.1. The Labute approximate surface area is 345 Å². The van der Waals surface area contributed by atoms with Crippen LogP contribution < -0.4 is 0 Å². The summed E-state index contributed by atoms with van der Waals surface area (Å²) in [6.07, 6.45) is 9.65. The molecule has 0 N–H and O–H groups in total. The Kier molecular flexibility index (Phi) is 7.74. The highest BCUT2D eigenvalue weighted by Gasteiger charge is 2.24. The van der Waals surface area contributed by atoms with Crippen molar-refractivity contribution < 1.29 is 0 Å². The molecule has 0 aliphatic rings. The van der Waals surface area contributed by atoms with E-state index in [9.17, 15) is 0 Å². The topological polar surface area (TPSA) is 60.9 Å². The average molecular weight is 767 g/mol. The van der Waals surface area contributed by atoms with Crippen LogP contribution in [0, 0.1) is 0 Å². The van der Waals surface area contributed by atoms with Gasteiger partial charge in [0.2, 0.25) is 5.78 Å². The van der Waals surface area contributed by atoms with Crippen molar-refractivity contribution in [1.29, 1.82) is 0 Å². The molecule has 0 fully saturated rings. The lowest BCUT2D eigenvalue weighted by Crippen LogP contribution is -1.97. The summed E-state index contributed by atoms with van der Waals surface area (Å²) in [4.78, 5) is 18.7. The van der Waals surface area contributed by atoms with Gasteiger partial charge in [0, 0.05) is 69.7 Å². The summed E-state index contributed by atoms with van der Waals surface area (Å²) < 4.78 is 4.39. The van der Waals surface area contributed by atoms with Gasteiger partial charge < -0.3 is 4.57 Å². The fourth-order valence-electron chi connectivity index (χ4n) is 8.83. The molecule has 7 aromatic carbocycles. The molecule has 0 atom stereocenters. The Bertz CT molecular complexity index is 3540. The molecule has 0 unspecified atom stereocenters. The van der Waals surface area contributed by atoms with Crippen molar-refractivity contribution in [3.8, 4) is 61.7 Å². The molecule has 0 aliphatic carbocycles. The van der Waals surface area contributed by atoms with Crippen LogP contribution in [0.25, 0.3) is 111 Å². The van der Waals surface area contributed by atoms with Crippen molar-refractivity contribution in [2.45, 2.75) is 0 Å². The van der Waals surface area contributed by atoms with E-state index in [0.717, 1.165) is 67.0 Å². The third-order valence-electron chi connectivity index (χ3n) is 11.7.